The second-order valence-corrected chi connectivity index (χ2v) is 12.5. The van der Waals surface area contributed by atoms with Crippen molar-refractivity contribution >= 4 is 34.3 Å². The van der Waals surface area contributed by atoms with Crippen LogP contribution in [0.25, 0.3) is 15.7 Å². The molecule has 2 aliphatic heterocycles. The fourth-order valence-corrected chi connectivity index (χ4v) is 5.84. The molecule has 11 nitrogen and oxygen atoms in total. The van der Waals surface area contributed by atoms with Crippen molar-refractivity contribution in [3.05, 3.63) is 94.4 Å². The van der Waals surface area contributed by atoms with Gasteiger partial charge < -0.3 is 20.9 Å². The van der Waals surface area contributed by atoms with Gasteiger partial charge in [-0.2, -0.15) is 26.3 Å². The van der Waals surface area contributed by atoms with Gasteiger partial charge in [-0.3, -0.25) is 15.0 Å². The Morgan fingerprint density at radius 1 is 0.811 bits per heavy atom. The van der Waals surface area contributed by atoms with Crippen LogP contribution in [0.1, 0.15) is 56.4 Å². The van der Waals surface area contributed by atoms with Gasteiger partial charge in [0.2, 0.25) is 5.69 Å². The zero-order valence-corrected chi connectivity index (χ0v) is 27.8. The van der Waals surface area contributed by atoms with Crippen molar-refractivity contribution in [1.82, 2.24) is 19.9 Å². The molecule has 280 valence electrons. The molecule has 4 N–H and O–H groups in total. The van der Waals surface area contributed by atoms with Crippen LogP contribution in [-0.2, 0) is 27.0 Å². The molecule has 2 aliphatic rings. The second kappa shape index (κ2) is 14.0. The summed E-state index contributed by atoms with van der Waals surface area (Å²) in [6, 6.07) is 5.30. The molecule has 53 heavy (non-hydrogen) atoms. The molecule has 0 spiro atoms. The van der Waals surface area contributed by atoms with E-state index < -0.39 is 72.0 Å². The van der Waals surface area contributed by atoms with E-state index in [1.165, 1.54) is 45.2 Å². The van der Waals surface area contributed by atoms with Crippen LogP contribution in [0.15, 0.2) is 52.7 Å². The van der Waals surface area contributed by atoms with E-state index in [2.05, 4.69) is 44.2 Å². The van der Waals surface area contributed by atoms with E-state index in [0.717, 1.165) is 18.3 Å². The van der Waals surface area contributed by atoms with Gasteiger partial charge in [-0.05, 0) is 44.2 Å². The lowest BCUT2D eigenvalue weighted by Crippen LogP contribution is -2.46. The van der Waals surface area contributed by atoms with Crippen molar-refractivity contribution in [2.24, 2.45) is 15.7 Å². The Kier molecular flexibility index (Phi) is 10.2. The van der Waals surface area contributed by atoms with Gasteiger partial charge in [-0.1, -0.05) is 0 Å². The lowest BCUT2D eigenvalue weighted by molar-refractivity contribution is -0.208. The number of nitrogens with zero attached hydrogens (tertiary/aromatic N) is 7. The van der Waals surface area contributed by atoms with Gasteiger partial charge in [0.15, 0.2) is 18.1 Å². The Morgan fingerprint density at radius 2 is 1.40 bits per heavy atom. The summed E-state index contributed by atoms with van der Waals surface area (Å²) in [7, 11) is 0. The van der Waals surface area contributed by atoms with Gasteiger partial charge >= 0.3 is 12.4 Å². The van der Waals surface area contributed by atoms with Crippen LogP contribution in [0.3, 0.4) is 0 Å². The van der Waals surface area contributed by atoms with Crippen molar-refractivity contribution < 1.29 is 49.0 Å². The number of nitrogen functional groups attached to an aromatic ring is 1. The zero-order chi connectivity index (χ0) is 39.1. The molecule has 0 bridgehead atoms. The van der Waals surface area contributed by atoms with Crippen LogP contribution in [0.5, 0.6) is 0 Å². The Labute approximate surface area is 294 Å². The van der Waals surface area contributed by atoms with Crippen LogP contribution in [-0.4, -0.2) is 56.4 Å². The van der Waals surface area contributed by atoms with Gasteiger partial charge in [-0.25, -0.2) is 33.0 Å². The van der Waals surface area contributed by atoms with Gasteiger partial charge in [0, 0.05) is 43.5 Å². The van der Waals surface area contributed by atoms with Gasteiger partial charge in [0.1, 0.15) is 45.7 Å². The molecule has 0 unspecified atom stereocenters. The smallest absolute Gasteiger partial charge is 0.425 e. The SMILES string of the molecule is CC1=N[C@](C)(c2nc(N)ccc2F)C[C@@H](C(F)(F)F)O1.[C-]#[N+]c1cnc2c(Cc3ccc(F)c([C@]4(C)C[C@@H](C(F)(F)F)OC(N)=N4)n3)ncc(F)c2c1. The zero-order valence-electron chi connectivity index (χ0n) is 27.8. The molecule has 0 amide bonds. The van der Waals surface area contributed by atoms with Crippen LogP contribution >= 0.6 is 0 Å². The lowest BCUT2D eigenvalue weighted by Gasteiger charge is -2.35. The Hall–Kier alpha value is -5.74. The molecule has 20 heteroatoms. The highest BCUT2D eigenvalue weighted by atomic mass is 19.4. The molecule has 0 saturated heterocycles. The fourth-order valence-electron chi connectivity index (χ4n) is 5.84. The average molecular weight is 754 g/mol. The summed E-state index contributed by atoms with van der Waals surface area (Å²) >= 11 is 0. The Bertz CT molecular complexity index is 2150. The molecule has 0 aliphatic carbocycles. The number of pyridine rings is 4. The third kappa shape index (κ3) is 8.34. The first-order valence-electron chi connectivity index (χ1n) is 15.4. The van der Waals surface area contributed by atoms with E-state index in [-0.39, 0.29) is 51.8 Å². The van der Waals surface area contributed by atoms with Crippen LogP contribution in [0, 0.1) is 24.0 Å². The van der Waals surface area contributed by atoms with Crippen molar-refractivity contribution in [2.45, 2.75) is 75.7 Å². The summed E-state index contributed by atoms with van der Waals surface area (Å²) in [4.78, 5) is 27.2. The molecule has 6 rings (SSSR count). The first-order chi connectivity index (χ1) is 24.6. The topological polar surface area (TPSA) is 151 Å². The van der Waals surface area contributed by atoms with Gasteiger partial charge in [0.25, 0.3) is 6.02 Å². The van der Waals surface area contributed by atoms with Crippen molar-refractivity contribution in [3.63, 3.8) is 0 Å². The minimum absolute atomic E-state index is 0.0190. The third-order valence-corrected chi connectivity index (χ3v) is 8.24. The lowest BCUT2D eigenvalue weighted by atomic mass is 9.89. The third-order valence-electron chi connectivity index (χ3n) is 8.24. The number of halogens is 9. The summed E-state index contributed by atoms with van der Waals surface area (Å²) in [5.74, 6) is -2.43. The minimum atomic E-state index is -4.73. The number of aromatic nitrogens is 4. The Balaban J connectivity index is 0.000000231. The molecular weight excluding hydrogens is 725 g/mol. The number of hydrogen-bond acceptors (Lipinski definition) is 10. The number of amidine groups is 1. The van der Waals surface area contributed by atoms with Crippen LogP contribution in [0.4, 0.5) is 51.0 Å². The number of rotatable bonds is 4. The number of anilines is 1. The average Bonchev–Trinajstić information content (AvgIpc) is 3.06. The minimum Gasteiger partial charge on any atom is -0.468 e. The Morgan fingerprint density at radius 3 is 2.02 bits per heavy atom. The maximum atomic E-state index is 14.7. The number of alkyl halides is 6. The van der Waals surface area contributed by atoms with Crippen LogP contribution in [0.2, 0.25) is 0 Å². The number of hydrogen-bond donors (Lipinski definition) is 2. The maximum Gasteiger partial charge on any atom is 0.425 e. The standard InChI is InChI=1S/C21H15F5N6O.C12H13F4N3O/c1-20(7-16(21(24,25)26)33-19(27)32-20)18-13(22)4-3-10(31-18)6-15-17-12(14(23)9-29-15)5-11(28-2)8-30-17;1-6-19-11(2,5-8(20-6)12(14,15)16)10-7(13)3-4-9(17)18-10/h3-5,8-9,16H,6-7H2,1H3,(H2,27,32);3-4,8H,5H2,1-2H3,(H2,17,18)/t16-,20-;8-,11-/m00/s1. The molecule has 4 aromatic rings. The summed E-state index contributed by atoms with van der Waals surface area (Å²) < 4.78 is 130. The monoisotopic (exact) mass is 753 g/mol. The quantitative estimate of drug-likeness (QED) is 0.165. The first kappa shape index (κ1) is 38.5. The van der Waals surface area contributed by atoms with E-state index in [1.54, 1.807) is 0 Å². The van der Waals surface area contributed by atoms with E-state index in [1.807, 2.05) is 0 Å². The van der Waals surface area contributed by atoms with E-state index in [9.17, 15) is 39.5 Å². The molecule has 6 heterocycles. The highest BCUT2D eigenvalue weighted by molar-refractivity contribution is 5.84. The van der Waals surface area contributed by atoms with Crippen molar-refractivity contribution in [1.29, 1.82) is 0 Å². The predicted octanol–water partition coefficient (Wildman–Crippen LogP) is 7.11. The molecule has 0 fully saturated rings. The molecule has 0 saturated carbocycles. The molecule has 0 aromatic carbocycles. The predicted molar refractivity (Wildman–Crippen MR) is 172 cm³/mol. The summed E-state index contributed by atoms with van der Waals surface area (Å²) in [6.45, 7) is 11.0. The van der Waals surface area contributed by atoms with Crippen molar-refractivity contribution in [2.75, 3.05) is 5.73 Å². The largest absolute Gasteiger partial charge is 0.468 e. The van der Waals surface area contributed by atoms with Gasteiger partial charge in [-0.15, -0.1) is 0 Å². The number of fused-ring (bicyclic) bond motifs is 1. The van der Waals surface area contributed by atoms with E-state index >= 15 is 0 Å². The number of ether oxygens (including phenoxy) is 2. The molecule has 4 atom stereocenters. The van der Waals surface area contributed by atoms with Crippen LogP contribution < -0.4 is 11.5 Å². The number of nitrogens with two attached hydrogens (primary N) is 2. The summed E-state index contributed by atoms with van der Waals surface area (Å²) in [6.07, 6.45) is -12.7. The highest BCUT2D eigenvalue weighted by Crippen LogP contribution is 2.42. The normalized spacial score (nSPS) is 23.1. The summed E-state index contributed by atoms with van der Waals surface area (Å²) in [5.41, 5.74) is 8.03. The van der Waals surface area contributed by atoms with E-state index in [4.69, 9.17) is 18.0 Å². The first-order valence-corrected chi connectivity index (χ1v) is 15.4. The molecule has 4 aromatic heterocycles. The molecule has 0 radical (unpaired) electrons. The molecular formula is C33H28F9N9O2. The highest BCUT2D eigenvalue weighted by Gasteiger charge is 2.51. The van der Waals surface area contributed by atoms with E-state index in [0.29, 0.717) is 5.69 Å². The second-order valence-electron chi connectivity index (χ2n) is 12.5. The number of aliphatic imine (C=N–C) groups is 2. The van der Waals surface area contributed by atoms with Gasteiger partial charge in [0.05, 0.1) is 24.0 Å². The fraction of sp³-hybridized carbons (Fsp3) is 0.364. The summed E-state index contributed by atoms with van der Waals surface area (Å²) in [5, 5.41) is 0.0811. The maximum absolute atomic E-state index is 14.7. The van der Waals surface area contributed by atoms with Crippen molar-refractivity contribution in [3.8, 4) is 0 Å².